The number of nitrogens with zero attached hydrogens (tertiary/aromatic N) is 1. The third kappa shape index (κ3) is 3.68. The molecule has 0 saturated heterocycles. The zero-order valence-corrected chi connectivity index (χ0v) is 12.0. The minimum absolute atomic E-state index is 0.288. The highest BCUT2D eigenvalue weighted by atomic mass is 16.5. The number of aromatic nitrogens is 1. The van der Waals surface area contributed by atoms with E-state index >= 15 is 0 Å². The number of aryl methyl sites for hydroxylation is 2. The maximum atomic E-state index is 12.0. The number of amides is 1. The molecule has 0 saturated carbocycles. The van der Waals surface area contributed by atoms with Gasteiger partial charge in [0, 0.05) is 6.07 Å². The second kappa shape index (κ2) is 6.21. The van der Waals surface area contributed by atoms with E-state index in [0.29, 0.717) is 11.3 Å². The third-order valence-corrected chi connectivity index (χ3v) is 2.90. The molecule has 21 heavy (non-hydrogen) atoms. The maximum absolute atomic E-state index is 12.0. The van der Waals surface area contributed by atoms with Crippen molar-refractivity contribution < 1.29 is 18.8 Å². The number of anilines is 1. The fourth-order valence-electron chi connectivity index (χ4n) is 1.73. The molecule has 0 aliphatic heterocycles. The van der Waals surface area contributed by atoms with Crippen LogP contribution >= 0.6 is 0 Å². The molecule has 2 rings (SSSR count). The molecule has 0 spiro atoms. The highest BCUT2D eigenvalue weighted by molar-refractivity contribution is 5.97. The number of nitrogens with one attached hydrogen (secondary N) is 1. The van der Waals surface area contributed by atoms with Gasteiger partial charge >= 0.3 is 5.97 Å². The van der Waals surface area contributed by atoms with E-state index in [4.69, 9.17) is 9.26 Å². The minimum Gasteiger partial charge on any atom is -0.449 e. The zero-order chi connectivity index (χ0) is 15.4. The lowest BCUT2D eigenvalue weighted by atomic mass is 10.1. The van der Waals surface area contributed by atoms with Gasteiger partial charge in [0.05, 0.1) is 5.56 Å². The van der Waals surface area contributed by atoms with E-state index in [0.717, 1.165) is 5.56 Å². The molecule has 1 aromatic carbocycles. The van der Waals surface area contributed by atoms with Crippen molar-refractivity contribution in [1.29, 1.82) is 0 Å². The lowest BCUT2D eigenvalue weighted by molar-refractivity contribution is -0.123. The summed E-state index contributed by atoms with van der Waals surface area (Å²) in [7, 11) is 0. The van der Waals surface area contributed by atoms with E-state index in [1.807, 2.05) is 6.07 Å². The molecule has 1 heterocycles. The topological polar surface area (TPSA) is 81.4 Å². The Kier molecular flexibility index (Phi) is 4.37. The number of esters is 1. The van der Waals surface area contributed by atoms with Gasteiger partial charge in [0.2, 0.25) is 0 Å². The number of carbonyl (C=O) groups is 2. The van der Waals surface area contributed by atoms with E-state index < -0.39 is 18.0 Å². The van der Waals surface area contributed by atoms with Crippen molar-refractivity contribution in [1.82, 2.24) is 5.16 Å². The van der Waals surface area contributed by atoms with Gasteiger partial charge in [-0.05, 0) is 32.4 Å². The molecule has 6 heteroatoms. The summed E-state index contributed by atoms with van der Waals surface area (Å²) in [5.74, 6) is -0.136. The first-order valence-electron chi connectivity index (χ1n) is 6.48. The molecular weight excluding hydrogens is 272 g/mol. The van der Waals surface area contributed by atoms with E-state index in [1.165, 1.54) is 6.92 Å². The average Bonchev–Trinajstić information content (AvgIpc) is 2.84. The molecule has 0 radical (unpaired) electrons. The van der Waals surface area contributed by atoms with Crippen LogP contribution in [0.3, 0.4) is 0 Å². The number of carbonyl (C=O) groups excluding carboxylic acids is 2. The number of benzene rings is 1. The van der Waals surface area contributed by atoms with Gasteiger partial charge < -0.3 is 14.6 Å². The highest BCUT2D eigenvalue weighted by Crippen LogP contribution is 2.12. The lowest BCUT2D eigenvalue weighted by Gasteiger charge is -2.13. The Morgan fingerprint density at radius 1 is 1.29 bits per heavy atom. The van der Waals surface area contributed by atoms with Crippen molar-refractivity contribution >= 4 is 17.7 Å². The first kappa shape index (κ1) is 14.8. The fraction of sp³-hybridized carbons (Fsp3) is 0.267. The number of ether oxygens (including phenoxy) is 1. The molecule has 1 atom stereocenters. The normalized spacial score (nSPS) is 11.8. The van der Waals surface area contributed by atoms with Crippen LogP contribution in [0.5, 0.6) is 0 Å². The van der Waals surface area contributed by atoms with Crippen molar-refractivity contribution in [2.75, 3.05) is 5.32 Å². The third-order valence-electron chi connectivity index (χ3n) is 2.90. The summed E-state index contributed by atoms with van der Waals surface area (Å²) in [5, 5.41) is 6.16. The Balaban J connectivity index is 1.97. The molecule has 6 nitrogen and oxygen atoms in total. The Morgan fingerprint density at radius 2 is 2.00 bits per heavy atom. The Labute approximate surface area is 122 Å². The smallest absolute Gasteiger partial charge is 0.339 e. The summed E-state index contributed by atoms with van der Waals surface area (Å²) in [4.78, 5) is 23.9. The molecule has 1 N–H and O–H groups in total. The number of hydrogen-bond acceptors (Lipinski definition) is 5. The average molecular weight is 288 g/mol. The molecule has 0 aliphatic rings. The molecule has 0 fully saturated rings. The molecule has 0 bridgehead atoms. The van der Waals surface area contributed by atoms with Crippen LogP contribution in [0.4, 0.5) is 5.82 Å². The van der Waals surface area contributed by atoms with Gasteiger partial charge in [-0.15, -0.1) is 0 Å². The summed E-state index contributed by atoms with van der Waals surface area (Å²) in [6.07, 6.45) is -0.936. The van der Waals surface area contributed by atoms with Crippen molar-refractivity contribution in [3.8, 4) is 0 Å². The fourth-order valence-corrected chi connectivity index (χ4v) is 1.73. The van der Waals surface area contributed by atoms with Crippen molar-refractivity contribution in [2.24, 2.45) is 0 Å². The maximum Gasteiger partial charge on any atom is 0.339 e. The molecule has 1 aromatic heterocycles. The summed E-state index contributed by atoms with van der Waals surface area (Å²) in [6, 6.07) is 8.61. The van der Waals surface area contributed by atoms with Crippen LogP contribution in [0.1, 0.15) is 28.6 Å². The van der Waals surface area contributed by atoms with Crippen LogP contribution in [0.25, 0.3) is 0 Å². The predicted molar refractivity (Wildman–Crippen MR) is 75.9 cm³/mol. The van der Waals surface area contributed by atoms with Crippen LogP contribution in [0, 0.1) is 13.8 Å². The van der Waals surface area contributed by atoms with Crippen LogP contribution in [0.2, 0.25) is 0 Å². The van der Waals surface area contributed by atoms with Gasteiger partial charge in [-0.25, -0.2) is 4.79 Å². The first-order valence-corrected chi connectivity index (χ1v) is 6.48. The van der Waals surface area contributed by atoms with Crippen molar-refractivity contribution in [3.05, 3.63) is 47.2 Å². The highest BCUT2D eigenvalue weighted by Gasteiger charge is 2.20. The van der Waals surface area contributed by atoms with Crippen LogP contribution in [-0.2, 0) is 9.53 Å². The lowest BCUT2D eigenvalue weighted by Crippen LogP contribution is -2.30. The van der Waals surface area contributed by atoms with E-state index in [-0.39, 0.29) is 5.82 Å². The second-order valence-corrected chi connectivity index (χ2v) is 4.67. The van der Waals surface area contributed by atoms with Crippen LogP contribution < -0.4 is 5.32 Å². The minimum atomic E-state index is -0.936. The summed E-state index contributed by atoms with van der Waals surface area (Å²) in [6.45, 7) is 5.02. The van der Waals surface area contributed by atoms with Crippen molar-refractivity contribution in [2.45, 2.75) is 26.9 Å². The molecule has 0 unspecified atom stereocenters. The Morgan fingerprint density at radius 3 is 2.62 bits per heavy atom. The Hall–Kier alpha value is -2.63. The van der Waals surface area contributed by atoms with Crippen LogP contribution in [0.15, 0.2) is 34.9 Å². The summed E-state index contributed by atoms with van der Waals surface area (Å²) >= 11 is 0. The molecule has 110 valence electrons. The summed E-state index contributed by atoms with van der Waals surface area (Å²) < 4.78 is 9.99. The predicted octanol–water partition coefficient (Wildman–Crippen LogP) is 2.48. The standard InChI is InChI=1S/C15H16N2O4/c1-9-6-4-5-7-12(9)15(19)20-11(3)14(18)16-13-8-10(2)21-17-13/h4-8,11H,1-3H3,(H,16,17,18)/t11-/m0/s1. The van der Waals surface area contributed by atoms with Gasteiger partial charge in [-0.1, -0.05) is 23.4 Å². The van der Waals surface area contributed by atoms with E-state index in [1.54, 1.807) is 38.1 Å². The molecule has 1 amide bonds. The van der Waals surface area contributed by atoms with Gasteiger partial charge in [-0.2, -0.15) is 0 Å². The quantitative estimate of drug-likeness (QED) is 0.874. The molecule has 2 aromatic rings. The van der Waals surface area contributed by atoms with Gasteiger partial charge in [0.15, 0.2) is 11.9 Å². The van der Waals surface area contributed by atoms with Gasteiger partial charge in [0.25, 0.3) is 5.91 Å². The Bertz CT molecular complexity index is 663. The first-order chi connectivity index (χ1) is 9.97. The zero-order valence-electron chi connectivity index (χ0n) is 12.0. The monoisotopic (exact) mass is 288 g/mol. The van der Waals surface area contributed by atoms with Gasteiger partial charge in [-0.3, -0.25) is 4.79 Å². The number of rotatable bonds is 4. The summed E-state index contributed by atoms with van der Waals surface area (Å²) in [5.41, 5.74) is 1.23. The largest absolute Gasteiger partial charge is 0.449 e. The van der Waals surface area contributed by atoms with Crippen LogP contribution in [-0.4, -0.2) is 23.1 Å². The second-order valence-electron chi connectivity index (χ2n) is 4.67. The molecule has 0 aliphatic carbocycles. The van der Waals surface area contributed by atoms with E-state index in [9.17, 15) is 9.59 Å². The van der Waals surface area contributed by atoms with E-state index in [2.05, 4.69) is 10.5 Å². The SMILES string of the molecule is Cc1cc(NC(=O)[C@H](C)OC(=O)c2ccccc2C)no1. The number of hydrogen-bond donors (Lipinski definition) is 1. The molecular formula is C15H16N2O4. The van der Waals surface area contributed by atoms with Crippen molar-refractivity contribution in [3.63, 3.8) is 0 Å². The van der Waals surface area contributed by atoms with Gasteiger partial charge in [0.1, 0.15) is 5.76 Å².